The third-order valence-electron chi connectivity index (χ3n) is 5.37. The Morgan fingerprint density at radius 3 is 2.75 bits per heavy atom. The maximum absolute atomic E-state index is 6.10. The van der Waals surface area contributed by atoms with Crippen LogP contribution in [0.3, 0.4) is 0 Å². The first kappa shape index (κ1) is 21.5. The Bertz CT molecular complexity index is 782. The summed E-state index contributed by atoms with van der Waals surface area (Å²) < 4.78 is 6.10. The van der Waals surface area contributed by atoms with E-state index in [-0.39, 0.29) is 30.1 Å². The molecule has 0 radical (unpaired) electrons. The molecule has 2 aromatic rings. The summed E-state index contributed by atoms with van der Waals surface area (Å²) in [5, 5.41) is 3.53. The van der Waals surface area contributed by atoms with Crippen molar-refractivity contribution in [1.29, 1.82) is 0 Å². The average molecular weight is 512 g/mol. The van der Waals surface area contributed by atoms with Crippen molar-refractivity contribution in [2.45, 2.75) is 32.2 Å². The monoisotopic (exact) mass is 512 g/mol. The molecule has 0 bridgehead atoms. The molecule has 1 aromatic carbocycles. The fraction of sp³-hybridized carbons (Fsp3) is 0.476. The van der Waals surface area contributed by atoms with E-state index in [0.717, 1.165) is 45.3 Å². The van der Waals surface area contributed by atoms with Gasteiger partial charge in [0, 0.05) is 43.0 Å². The van der Waals surface area contributed by atoms with Crippen molar-refractivity contribution in [3.8, 4) is 0 Å². The first-order chi connectivity index (χ1) is 13.2. The second-order valence-corrected chi connectivity index (χ2v) is 8.62. The molecule has 7 heteroatoms. The van der Waals surface area contributed by atoms with Crippen LogP contribution in [0.1, 0.15) is 15.3 Å². The number of ether oxygens (including phenoxy) is 1. The van der Waals surface area contributed by atoms with Gasteiger partial charge in [-0.15, -0.1) is 35.3 Å². The van der Waals surface area contributed by atoms with E-state index in [1.165, 1.54) is 15.3 Å². The molecule has 2 fully saturated rings. The van der Waals surface area contributed by atoms with Gasteiger partial charge in [0.05, 0.1) is 25.3 Å². The fourth-order valence-electron chi connectivity index (χ4n) is 4.02. The number of hydrogen-bond acceptors (Lipinski definition) is 4. The lowest BCUT2D eigenvalue weighted by molar-refractivity contribution is -0.0502. The van der Waals surface area contributed by atoms with Crippen molar-refractivity contribution in [1.82, 2.24) is 15.1 Å². The first-order valence-corrected chi connectivity index (χ1v) is 10.4. The SMILES string of the molecule is CN=C(NCc1ccc(C)s1)N1CC2OCCN(Cc3ccccc3)C2C1.I. The van der Waals surface area contributed by atoms with Gasteiger partial charge in [0.2, 0.25) is 0 Å². The molecular formula is C21H29IN4OS. The van der Waals surface area contributed by atoms with E-state index in [1.807, 2.05) is 18.4 Å². The molecule has 5 nitrogen and oxygen atoms in total. The van der Waals surface area contributed by atoms with Gasteiger partial charge in [-0.25, -0.2) is 0 Å². The zero-order chi connectivity index (χ0) is 18.6. The molecular weight excluding hydrogens is 483 g/mol. The number of nitrogens with one attached hydrogen (secondary N) is 1. The van der Waals surface area contributed by atoms with Crippen molar-refractivity contribution in [3.63, 3.8) is 0 Å². The topological polar surface area (TPSA) is 40.1 Å². The van der Waals surface area contributed by atoms with Gasteiger partial charge in [0.1, 0.15) is 0 Å². The third kappa shape index (κ3) is 5.06. The van der Waals surface area contributed by atoms with Gasteiger partial charge >= 0.3 is 0 Å². The summed E-state index contributed by atoms with van der Waals surface area (Å²) >= 11 is 1.84. The van der Waals surface area contributed by atoms with Crippen molar-refractivity contribution < 1.29 is 4.74 Å². The zero-order valence-electron chi connectivity index (χ0n) is 16.5. The Balaban J connectivity index is 0.00000225. The predicted octanol–water partition coefficient (Wildman–Crippen LogP) is 3.34. The number of guanidine groups is 1. The lowest BCUT2D eigenvalue weighted by Crippen LogP contribution is -2.50. The molecule has 4 rings (SSSR count). The van der Waals surface area contributed by atoms with Crippen LogP contribution in [0.2, 0.25) is 0 Å². The molecule has 0 spiro atoms. The number of halogens is 1. The number of aliphatic imine (C=N–C) groups is 1. The summed E-state index contributed by atoms with van der Waals surface area (Å²) in [5.41, 5.74) is 1.37. The van der Waals surface area contributed by atoms with Crippen LogP contribution in [0.25, 0.3) is 0 Å². The number of rotatable bonds is 4. The maximum atomic E-state index is 6.10. The van der Waals surface area contributed by atoms with E-state index >= 15 is 0 Å². The van der Waals surface area contributed by atoms with Crippen molar-refractivity contribution in [2.75, 3.05) is 33.3 Å². The molecule has 2 aliphatic heterocycles. The van der Waals surface area contributed by atoms with Gasteiger partial charge < -0.3 is 15.0 Å². The lowest BCUT2D eigenvalue weighted by atomic mass is 10.1. The normalized spacial score (nSPS) is 22.6. The van der Waals surface area contributed by atoms with Gasteiger partial charge in [-0.05, 0) is 24.6 Å². The molecule has 2 saturated heterocycles. The summed E-state index contributed by atoms with van der Waals surface area (Å²) in [5.74, 6) is 0.971. The molecule has 152 valence electrons. The second-order valence-electron chi connectivity index (χ2n) is 7.25. The molecule has 2 unspecified atom stereocenters. The zero-order valence-corrected chi connectivity index (χ0v) is 19.7. The van der Waals surface area contributed by atoms with Crippen LogP contribution in [0.15, 0.2) is 47.5 Å². The Morgan fingerprint density at radius 2 is 2.04 bits per heavy atom. The standard InChI is InChI=1S/C21H28N4OS.HI/c1-16-8-9-18(27-16)12-23-21(22-2)25-14-19-20(15-25)26-11-10-24(19)13-17-6-4-3-5-7-17;/h3-9,19-20H,10-15H2,1-2H3,(H,22,23);1H. The van der Waals surface area contributed by atoms with E-state index < -0.39 is 0 Å². The lowest BCUT2D eigenvalue weighted by Gasteiger charge is -2.36. The second kappa shape index (κ2) is 10.0. The van der Waals surface area contributed by atoms with E-state index in [4.69, 9.17) is 4.74 Å². The highest BCUT2D eigenvalue weighted by Crippen LogP contribution is 2.25. The van der Waals surface area contributed by atoms with Gasteiger partial charge in [0.25, 0.3) is 0 Å². The summed E-state index contributed by atoms with van der Waals surface area (Å²) in [6.07, 6.45) is 0.255. The molecule has 0 amide bonds. The molecule has 0 aliphatic carbocycles. The van der Waals surface area contributed by atoms with Gasteiger partial charge in [-0.1, -0.05) is 30.3 Å². The Hall–Kier alpha value is -1.16. The van der Waals surface area contributed by atoms with Crippen LogP contribution in [-0.2, 0) is 17.8 Å². The smallest absolute Gasteiger partial charge is 0.194 e. The van der Waals surface area contributed by atoms with Crippen LogP contribution in [-0.4, -0.2) is 61.2 Å². The number of likely N-dealkylation sites (tertiary alicyclic amines) is 1. The molecule has 2 aliphatic rings. The van der Waals surface area contributed by atoms with E-state index in [0.29, 0.717) is 6.04 Å². The highest BCUT2D eigenvalue weighted by atomic mass is 127. The summed E-state index contributed by atoms with van der Waals surface area (Å²) in [6.45, 7) is 7.62. The molecule has 0 saturated carbocycles. The van der Waals surface area contributed by atoms with Crippen LogP contribution >= 0.6 is 35.3 Å². The fourth-order valence-corrected chi connectivity index (χ4v) is 4.85. The van der Waals surface area contributed by atoms with E-state index in [2.05, 4.69) is 69.5 Å². The first-order valence-electron chi connectivity index (χ1n) is 9.63. The number of aryl methyl sites for hydroxylation is 1. The summed E-state index contributed by atoms with van der Waals surface area (Å²) in [6, 6.07) is 15.5. The van der Waals surface area contributed by atoms with Crippen LogP contribution in [0.5, 0.6) is 0 Å². The number of nitrogens with zero attached hydrogens (tertiary/aromatic N) is 3. The maximum Gasteiger partial charge on any atom is 0.194 e. The molecule has 1 N–H and O–H groups in total. The molecule has 1 aromatic heterocycles. The Labute approximate surface area is 188 Å². The number of thiophene rings is 1. The van der Waals surface area contributed by atoms with Crippen molar-refractivity contribution in [2.24, 2.45) is 4.99 Å². The van der Waals surface area contributed by atoms with Crippen LogP contribution in [0, 0.1) is 6.92 Å². The number of fused-ring (bicyclic) bond motifs is 1. The molecule has 28 heavy (non-hydrogen) atoms. The Kier molecular flexibility index (Phi) is 7.73. The van der Waals surface area contributed by atoms with Crippen molar-refractivity contribution in [3.05, 3.63) is 57.8 Å². The quantitative estimate of drug-likeness (QED) is 0.388. The number of morpholine rings is 1. The predicted molar refractivity (Wildman–Crippen MR) is 127 cm³/mol. The van der Waals surface area contributed by atoms with E-state index in [1.54, 1.807) is 0 Å². The van der Waals surface area contributed by atoms with Crippen molar-refractivity contribution >= 4 is 41.3 Å². The highest BCUT2D eigenvalue weighted by Gasteiger charge is 2.41. The molecule has 2 atom stereocenters. The molecule has 3 heterocycles. The van der Waals surface area contributed by atoms with Gasteiger partial charge in [-0.2, -0.15) is 0 Å². The third-order valence-corrected chi connectivity index (χ3v) is 6.37. The minimum atomic E-state index is 0. The van der Waals surface area contributed by atoms with Crippen LogP contribution in [0.4, 0.5) is 0 Å². The van der Waals surface area contributed by atoms with Gasteiger partial charge in [-0.3, -0.25) is 9.89 Å². The number of benzene rings is 1. The Morgan fingerprint density at radius 1 is 1.21 bits per heavy atom. The van der Waals surface area contributed by atoms with Gasteiger partial charge in [0.15, 0.2) is 5.96 Å². The minimum Gasteiger partial charge on any atom is -0.373 e. The van der Waals surface area contributed by atoms with Crippen LogP contribution < -0.4 is 5.32 Å². The minimum absolute atomic E-state index is 0. The summed E-state index contributed by atoms with van der Waals surface area (Å²) in [7, 11) is 1.87. The summed E-state index contributed by atoms with van der Waals surface area (Å²) in [4.78, 5) is 12.1. The largest absolute Gasteiger partial charge is 0.373 e. The average Bonchev–Trinajstić information content (AvgIpc) is 3.30. The van der Waals surface area contributed by atoms with E-state index in [9.17, 15) is 0 Å². The number of hydrogen-bond donors (Lipinski definition) is 1. The highest BCUT2D eigenvalue weighted by molar-refractivity contribution is 14.0.